The van der Waals surface area contributed by atoms with Crippen LogP contribution < -0.4 is 4.90 Å². The van der Waals surface area contributed by atoms with Gasteiger partial charge in [-0.25, -0.2) is 9.78 Å². The van der Waals surface area contributed by atoms with Crippen molar-refractivity contribution >= 4 is 34.0 Å². The molecule has 19 heavy (non-hydrogen) atoms. The van der Waals surface area contributed by atoms with Gasteiger partial charge in [-0.05, 0) is 24.6 Å². The normalized spacial score (nSPS) is 12.2. The van der Waals surface area contributed by atoms with Crippen LogP contribution in [0.25, 0.3) is 0 Å². The Hall–Kier alpha value is -1.59. The van der Waals surface area contributed by atoms with Gasteiger partial charge < -0.3 is 10.0 Å². The molecule has 0 bridgehead atoms. The fraction of sp³-hybridized carbons (Fsp3) is 0.231. The van der Waals surface area contributed by atoms with E-state index in [0.717, 1.165) is 5.56 Å². The summed E-state index contributed by atoms with van der Waals surface area (Å²) in [5.41, 5.74) is 1.18. The summed E-state index contributed by atoms with van der Waals surface area (Å²) in [4.78, 5) is 16.9. The molecule has 0 aliphatic carbocycles. The smallest absolute Gasteiger partial charge is 0.355 e. The van der Waals surface area contributed by atoms with Crippen LogP contribution in [0.15, 0.2) is 29.6 Å². The van der Waals surface area contributed by atoms with Gasteiger partial charge in [-0.1, -0.05) is 23.7 Å². The lowest BCUT2D eigenvalue weighted by molar-refractivity contribution is 0.0691. The molecule has 1 N–H and O–H groups in total. The summed E-state index contributed by atoms with van der Waals surface area (Å²) in [7, 11) is 1.89. The Morgan fingerprint density at radius 3 is 2.58 bits per heavy atom. The number of nitrogens with zero attached hydrogens (tertiary/aromatic N) is 2. The average Bonchev–Trinajstić information content (AvgIpc) is 2.87. The molecule has 2 rings (SSSR count). The largest absolute Gasteiger partial charge is 0.476 e. The maximum absolute atomic E-state index is 10.8. The Bertz CT molecular complexity index is 583. The van der Waals surface area contributed by atoms with Gasteiger partial charge in [0.05, 0.1) is 6.04 Å². The second-order valence-corrected chi connectivity index (χ2v) is 5.43. The zero-order valence-corrected chi connectivity index (χ0v) is 12.1. The van der Waals surface area contributed by atoms with Gasteiger partial charge >= 0.3 is 5.97 Å². The van der Waals surface area contributed by atoms with E-state index < -0.39 is 5.97 Å². The van der Waals surface area contributed by atoms with Crippen molar-refractivity contribution in [3.8, 4) is 0 Å². The molecular formula is C13H13ClN2O2S. The lowest BCUT2D eigenvalue weighted by Gasteiger charge is -2.24. The molecule has 100 valence electrons. The van der Waals surface area contributed by atoms with Gasteiger partial charge in [0.1, 0.15) is 0 Å². The monoisotopic (exact) mass is 296 g/mol. The summed E-state index contributed by atoms with van der Waals surface area (Å²) < 4.78 is 0. The van der Waals surface area contributed by atoms with E-state index in [0.29, 0.717) is 10.2 Å². The number of carboxylic acid groups (broad SMARTS) is 1. The third-order valence-corrected chi connectivity index (χ3v) is 4.13. The lowest BCUT2D eigenvalue weighted by Crippen LogP contribution is -2.21. The SMILES string of the molecule is CC(c1ccc(Cl)cc1)N(C)c1nc(C(=O)O)cs1. The summed E-state index contributed by atoms with van der Waals surface area (Å²) >= 11 is 7.18. The van der Waals surface area contributed by atoms with Crippen molar-refractivity contribution in [2.45, 2.75) is 13.0 Å². The minimum atomic E-state index is -1.00. The van der Waals surface area contributed by atoms with Crippen molar-refractivity contribution < 1.29 is 9.90 Å². The Labute approximate surface area is 120 Å². The first-order valence-electron chi connectivity index (χ1n) is 5.66. The van der Waals surface area contributed by atoms with Crippen molar-refractivity contribution in [3.63, 3.8) is 0 Å². The van der Waals surface area contributed by atoms with Crippen molar-refractivity contribution in [1.82, 2.24) is 4.98 Å². The summed E-state index contributed by atoms with van der Waals surface area (Å²) in [6.45, 7) is 2.03. The zero-order chi connectivity index (χ0) is 14.0. The van der Waals surface area contributed by atoms with Gasteiger partial charge in [0.25, 0.3) is 0 Å². The van der Waals surface area contributed by atoms with Crippen LogP contribution in [0.1, 0.15) is 29.0 Å². The molecule has 1 unspecified atom stereocenters. The van der Waals surface area contributed by atoms with E-state index in [4.69, 9.17) is 16.7 Å². The van der Waals surface area contributed by atoms with Crippen LogP contribution in [0.3, 0.4) is 0 Å². The maximum atomic E-state index is 10.8. The quantitative estimate of drug-likeness (QED) is 0.935. The molecule has 2 aromatic rings. The highest BCUT2D eigenvalue weighted by Gasteiger charge is 2.17. The molecule has 1 atom stereocenters. The Balaban J connectivity index is 2.20. The molecule has 4 nitrogen and oxygen atoms in total. The van der Waals surface area contributed by atoms with Crippen LogP contribution in [0.2, 0.25) is 5.02 Å². The van der Waals surface area contributed by atoms with Crippen LogP contribution >= 0.6 is 22.9 Å². The van der Waals surface area contributed by atoms with Gasteiger partial charge in [0, 0.05) is 17.5 Å². The molecule has 1 aromatic carbocycles. The molecule has 6 heteroatoms. The first kappa shape index (κ1) is 13.8. The van der Waals surface area contributed by atoms with Crippen molar-refractivity contribution in [2.24, 2.45) is 0 Å². The van der Waals surface area contributed by atoms with Crippen molar-refractivity contribution in [1.29, 1.82) is 0 Å². The number of aromatic nitrogens is 1. The molecule has 0 fully saturated rings. The van der Waals surface area contributed by atoms with Gasteiger partial charge in [-0.2, -0.15) is 0 Å². The summed E-state index contributed by atoms with van der Waals surface area (Å²) in [6.07, 6.45) is 0. The second kappa shape index (κ2) is 5.59. The molecular weight excluding hydrogens is 284 g/mol. The number of halogens is 1. The van der Waals surface area contributed by atoms with Gasteiger partial charge in [0.15, 0.2) is 10.8 Å². The Kier molecular flexibility index (Phi) is 4.07. The minimum absolute atomic E-state index is 0.0788. The molecule has 0 saturated heterocycles. The highest BCUT2D eigenvalue weighted by molar-refractivity contribution is 7.13. The average molecular weight is 297 g/mol. The van der Waals surface area contributed by atoms with E-state index in [-0.39, 0.29) is 11.7 Å². The van der Waals surface area contributed by atoms with E-state index in [1.54, 1.807) is 5.38 Å². The van der Waals surface area contributed by atoms with Crippen LogP contribution in [0.4, 0.5) is 5.13 Å². The molecule has 0 amide bonds. The predicted molar refractivity (Wildman–Crippen MR) is 77.3 cm³/mol. The number of hydrogen-bond acceptors (Lipinski definition) is 4. The molecule has 0 aliphatic heterocycles. The number of rotatable bonds is 4. The Morgan fingerprint density at radius 1 is 1.42 bits per heavy atom. The highest BCUT2D eigenvalue weighted by Crippen LogP contribution is 2.28. The molecule has 1 heterocycles. The first-order valence-corrected chi connectivity index (χ1v) is 6.92. The van der Waals surface area contributed by atoms with Crippen LogP contribution in [0.5, 0.6) is 0 Å². The molecule has 0 aliphatic rings. The predicted octanol–water partition coefficient (Wildman–Crippen LogP) is 3.69. The third-order valence-electron chi connectivity index (χ3n) is 2.95. The first-order chi connectivity index (χ1) is 8.99. The van der Waals surface area contributed by atoms with Crippen LogP contribution in [-0.2, 0) is 0 Å². The number of anilines is 1. The Morgan fingerprint density at radius 2 is 2.05 bits per heavy atom. The number of thiazole rings is 1. The second-order valence-electron chi connectivity index (χ2n) is 4.16. The van der Waals surface area contributed by atoms with Crippen LogP contribution in [-0.4, -0.2) is 23.1 Å². The van der Waals surface area contributed by atoms with E-state index in [9.17, 15) is 4.79 Å². The molecule has 1 aromatic heterocycles. The van der Waals surface area contributed by atoms with Gasteiger partial charge in [-0.15, -0.1) is 11.3 Å². The molecule has 0 saturated carbocycles. The number of aromatic carboxylic acids is 1. The minimum Gasteiger partial charge on any atom is -0.476 e. The van der Waals surface area contributed by atoms with Gasteiger partial charge in [-0.3, -0.25) is 0 Å². The standard InChI is InChI=1S/C13H13ClN2O2S/c1-8(9-3-5-10(14)6-4-9)16(2)13-15-11(7-19-13)12(17)18/h3-8H,1-2H3,(H,17,18). The number of hydrogen-bond donors (Lipinski definition) is 1. The van der Waals surface area contributed by atoms with Crippen LogP contribution in [0, 0.1) is 0 Å². The summed E-state index contributed by atoms with van der Waals surface area (Å²) in [6, 6.07) is 7.67. The number of carbonyl (C=O) groups is 1. The van der Waals surface area contributed by atoms with E-state index >= 15 is 0 Å². The fourth-order valence-corrected chi connectivity index (χ4v) is 2.63. The molecule has 0 radical (unpaired) electrons. The number of carboxylic acids is 1. The lowest BCUT2D eigenvalue weighted by atomic mass is 10.1. The summed E-state index contributed by atoms with van der Waals surface area (Å²) in [5, 5.41) is 11.8. The summed E-state index contributed by atoms with van der Waals surface area (Å²) in [5.74, 6) is -1.00. The molecule has 0 spiro atoms. The van der Waals surface area contributed by atoms with E-state index in [1.165, 1.54) is 11.3 Å². The zero-order valence-electron chi connectivity index (χ0n) is 10.5. The fourth-order valence-electron chi connectivity index (χ4n) is 1.66. The van der Waals surface area contributed by atoms with E-state index in [2.05, 4.69) is 4.98 Å². The number of benzene rings is 1. The van der Waals surface area contributed by atoms with Gasteiger partial charge in [0.2, 0.25) is 0 Å². The third kappa shape index (κ3) is 3.05. The van der Waals surface area contributed by atoms with E-state index in [1.807, 2.05) is 43.1 Å². The maximum Gasteiger partial charge on any atom is 0.355 e. The highest BCUT2D eigenvalue weighted by atomic mass is 35.5. The van der Waals surface area contributed by atoms with Crippen molar-refractivity contribution in [3.05, 3.63) is 45.9 Å². The topological polar surface area (TPSA) is 53.4 Å². The van der Waals surface area contributed by atoms with Crippen molar-refractivity contribution in [2.75, 3.05) is 11.9 Å².